The van der Waals surface area contributed by atoms with Crippen LogP contribution < -0.4 is 26.0 Å². The van der Waals surface area contributed by atoms with Crippen molar-refractivity contribution < 1.29 is 19.1 Å². The number of carbonyl (C=O) groups is 2. The molecular weight excluding hydrogens is 649 g/mol. The SMILES string of the molecule is CNCc1cc(NC(=O)N(C)C[C@@H](C)c2cc(C(C)Nc3ccc4c(NC(=O)OC(C)(C)C)nccc4c3)ccc2OC)ccc1SC1CC1. The van der Waals surface area contributed by atoms with Crippen LogP contribution in [0, 0.1) is 0 Å². The molecule has 3 aromatic carbocycles. The number of hydrogen-bond donors (Lipinski definition) is 4. The van der Waals surface area contributed by atoms with E-state index in [0.29, 0.717) is 17.6 Å². The number of aromatic nitrogens is 1. The molecule has 0 spiro atoms. The molecule has 1 unspecified atom stereocenters. The summed E-state index contributed by atoms with van der Waals surface area (Å²) in [4.78, 5) is 33.0. The van der Waals surface area contributed by atoms with E-state index in [9.17, 15) is 9.59 Å². The molecule has 0 radical (unpaired) electrons. The molecule has 0 bridgehead atoms. The van der Waals surface area contributed by atoms with Crippen molar-refractivity contribution >= 4 is 51.9 Å². The van der Waals surface area contributed by atoms with Crippen molar-refractivity contribution in [1.82, 2.24) is 15.2 Å². The van der Waals surface area contributed by atoms with E-state index < -0.39 is 11.7 Å². The van der Waals surface area contributed by atoms with Crippen molar-refractivity contribution in [3.05, 3.63) is 83.6 Å². The summed E-state index contributed by atoms with van der Waals surface area (Å²) in [6.07, 6.45) is 3.67. The Bertz CT molecular complexity index is 1820. The molecule has 2 atom stereocenters. The standard InChI is InChI=1S/C39H50N6O4S/c1-24(23-45(7)37(46)43-30-11-16-35(50-31-12-13-31)28(20-30)22-40-6)33-21-26(9-15-34(33)48-8)25(2)42-29-10-14-32-27(19-29)17-18-41-36(32)44-38(47)49-39(3,4)5/h9-11,14-21,24-25,31,40,42H,12-13,22-23H2,1-8H3,(H,43,46)(H,41,44,47)/t24-,25?/m1/s1. The van der Waals surface area contributed by atoms with E-state index in [4.69, 9.17) is 9.47 Å². The summed E-state index contributed by atoms with van der Waals surface area (Å²) in [6, 6.07) is 20.1. The van der Waals surface area contributed by atoms with E-state index in [1.54, 1.807) is 18.2 Å². The van der Waals surface area contributed by atoms with Crippen molar-refractivity contribution in [3.8, 4) is 5.75 Å². The van der Waals surface area contributed by atoms with Gasteiger partial charge in [0, 0.05) is 65.2 Å². The molecule has 50 heavy (non-hydrogen) atoms. The van der Waals surface area contributed by atoms with E-state index in [-0.39, 0.29) is 18.0 Å². The quantitative estimate of drug-likeness (QED) is 0.109. The summed E-state index contributed by atoms with van der Waals surface area (Å²) in [5, 5.41) is 15.2. The highest BCUT2D eigenvalue weighted by atomic mass is 32.2. The van der Waals surface area contributed by atoms with Gasteiger partial charge in [0.25, 0.3) is 0 Å². The molecule has 0 aliphatic heterocycles. The number of urea groups is 1. The van der Waals surface area contributed by atoms with Crippen LogP contribution in [0.4, 0.5) is 26.8 Å². The fourth-order valence-corrected chi connectivity index (χ4v) is 6.95. The van der Waals surface area contributed by atoms with Crippen LogP contribution in [0.2, 0.25) is 0 Å². The van der Waals surface area contributed by atoms with Gasteiger partial charge in [-0.2, -0.15) is 0 Å². The van der Waals surface area contributed by atoms with Crippen LogP contribution in [0.3, 0.4) is 0 Å². The number of benzene rings is 3. The third kappa shape index (κ3) is 9.82. The maximum absolute atomic E-state index is 13.3. The summed E-state index contributed by atoms with van der Waals surface area (Å²) >= 11 is 1.93. The van der Waals surface area contributed by atoms with Gasteiger partial charge in [-0.05, 0) is 124 Å². The summed E-state index contributed by atoms with van der Waals surface area (Å²) in [5.74, 6) is 1.24. The molecular formula is C39H50N6O4S. The summed E-state index contributed by atoms with van der Waals surface area (Å²) in [5.41, 5.74) is 4.42. The molecule has 1 fully saturated rings. The minimum absolute atomic E-state index is 0.00841. The molecule has 1 aliphatic carbocycles. The molecule has 266 valence electrons. The average Bonchev–Trinajstić information content (AvgIpc) is 3.89. The lowest BCUT2D eigenvalue weighted by molar-refractivity contribution is 0.0635. The van der Waals surface area contributed by atoms with Gasteiger partial charge in [-0.1, -0.05) is 13.0 Å². The Hall–Kier alpha value is -4.48. The molecule has 5 rings (SSSR count). The number of carbonyl (C=O) groups excluding carboxylic acids is 2. The van der Waals surface area contributed by atoms with Gasteiger partial charge < -0.3 is 30.3 Å². The van der Waals surface area contributed by atoms with Crippen LogP contribution in [0.25, 0.3) is 10.8 Å². The molecule has 1 heterocycles. The van der Waals surface area contributed by atoms with Crippen LogP contribution in [0.15, 0.2) is 71.8 Å². The highest BCUT2D eigenvalue weighted by Crippen LogP contribution is 2.41. The molecule has 10 nitrogen and oxygen atoms in total. The molecule has 1 aromatic heterocycles. The lowest BCUT2D eigenvalue weighted by Crippen LogP contribution is -2.34. The van der Waals surface area contributed by atoms with Crippen LogP contribution in [0.5, 0.6) is 5.75 Å². The maximum Gasteiger partial charge on any atom is 0.413 e. The van der Waals surface area contributed by atoms with Crippen molar-refractivity contribution in [1.29, 1.82) is 0 Å². The first-order valence-corrected chi connectivity index (χ1v) is 18.0. The first-order chi connectivity index (χ1) is 23.8. The third-order valence-corrected chi connectivity index (χ3v) is 9.90. The Balaban J connectivity index is 1.24. The molecule has 11 heteroatoms. The van der Waals surface area contributed by atoms with Crippen LogP contribution in [-0.4, -0.2) is 60.6 Å². The zero-order valence-electron chi connectivity index (χ0n) is 30.3. The van der Waals surface area contributed by atoms with Gasteiger partial charge in [0.1, 0.15) is 17.2 Å². The van der Waals surface area contributed by atoms with Gasteiger partial charge in [-0.15, -0.1) is 11.8 Å². The first kappa shape index (κ1) is 36.8. The second-order valence-corrected chi connectivity index (χ2v) is 15.3. The zero-order valence-corrected chi connectivity index (χ0v) is 31.2. The topological polar surface area (TPSA) is 117 Å². The number of rotatable bonds is 13. The summed E-state index contributed by atoms with van der Waals surface area (Å²) in [7, 11) is 5.44. The van der Waals surface area contributed by atoms with Gasteiger partial charge in [-0.25, -0.2) is 14.6 Å². The second-order valence-electron chi connectivity index (χ2n) is 14.0. The lowest BCUT2D eigenvalue weighted by Gasteiger charge is -2.25. The predicted octanol–water partition coefficient (Wildman–Crippen LogP) is 9.00. The first-order valence-electron chi connectivity index (χ1n) is 17.1. The normalized spacial score (nSPS) is 14.1. The number of likely N-dealkylation sites (N-methyl/N-ethyl adjacent to an activating group) is 1. The second kappa shape index (κ2) is 16.0. The van der Waals surface area contributed by atoms with Crippen molar-refractivity contribution in [2.24, 2.45) is 0 Å². The number of hydrogen-bond acceptors (Lipinski definition) is 8. The van der Waals surface area contributed by atoms with Crippen molar-refractivity contribution in [2.45, 2.75) is 81.7 Å². The van der Waals surface area contributed by atoms with Gasteiger partial charge >= 0.3 is 12.1 Å². The molecule has 0 saturated heterocycles. The molecule has 1 saturated carbocycles. The van der Waals surface area contributed by atoms with Crippen LogP contribution in [-0.2, 0) is 11.3 Å². The van der Waals surface area contributed by atoms with Gasteiger partial charge in [-0.3, -0.25) is 5.32 Å². The van der Waals surface area contributed by atoms with E-state index in [0.717, 1.165) is 45.6 Å². The Morgan fingerprint density at radius 2 is 1.76 bits per heavy atom. The molecule has 4 aromatic rings. The van der Waals surface area contributed by atoms with E-state index in [1.165, 1.54) is 23.3 Å². The average molecular weight is 699 g/mol. The van der Waals surface area contributed by atoms with Gasteiger partial charge in [0.15, 0.2) is 0 Å². The van der Waals surface area contributed by atoms with Crippen molar-refractivity contribution in [2.75, 3.05) is 43.7 Å². The number of nitrogens with one attached hydrogen (secondary N) is 4. The number of methoxy groups -OCH3 is 1. The number of anilines is 3. The van der Waals surface area contributed by atoms with E-state index in [1.807, 2.05) is 83.0 Å². The highest BCUT2D eigenvalue weighted by Gasteiger charge is 2.24. The van der Waals surface area contributed by atoms with Crippen LogP contribution in [0.1, 0.15) is 76.1 Å². The number of fused-ring (bicyclic) bond motifs is 1. The molecule has 1 aliphatic rings. The fraction of sp³-hybridized carbons (Fsp3) is 0.410. The monoisotopic (exact) mass is 698 g/mol. The van der Waals surface area contributed by atoms with Gasteiger partial charge in [0.05, 0.1) is 7.11 Å². The number of nitrogens with zero attached hydrogens (tertiary/aromatic N) is 2. The Labute approximate surface area is 300 Å². The van der Waals surface area contributed by atoms with Crippen molar-refractivity contribution in [3.63, 3.8) is 0 Å². The highest BCUT2D eigenvalue weighted by molar-refractivity contribution is 8.00. The Morgan fingerprint density at radius 1 is 1.00 bits per heavy atom. The number of thioether (sulfide) groups is 1. The fourth-order valence-electron chi connectivity index (χ4n) is 5.79. The van der Waals surface area contributed by atoms with E-state index >= 15 is 0 Å². The summed E-state index contributed by atoms with van der Waals surface area (Å²) in [6.45, 7) is 10.9. The molecule has 4 N–H and O–H groups in total. The third-order valence-electron chi connectivity index (χ3n) is 8.44. The minimum atomic E-state index is -0.608. The summed E-state index contributed by atoms with van der Waals surface area (Å²) < 4.78 is 11.2. The van der Waals surface area contributed by atoms with Crippen LogP contribution >= 0.6 is 11.8 Å². The number of amides is 3. The lowest BCUT2D eigenvalue weighted by atomic mass is 9.95. The number of pyridine rings is 1. The zero-order chi connectivity index (χ0) is 36.0. The molecule has 3 amide bonds. The largest absolute Gasteiger partial charge is 0.496 e. The Morgan fingerprint density at radius 3 is 2.46 bits per heavy atom. The number of ether oxygens (including phenoxy) is 2. The predicted molar refractivity (Wildman–Crippen MR) is 205 cm³/mol. The van der Waals surface area contributed by atoms with E-state index in [2.05, 4.69) is 64.4 Å². The minimum Gasteiger partial charge on any atom is -0.496 e. The maximum atomic E-state index is 13.3. The smallest absolute Gasteiger partial charge is 0.413 e. The Kier molecular flexibility index (Phi) is 11.8. The van der Waals surface area contributed by atoms with Gasteiger partial charge in [0.2, 0.25) is 0 Å².